The van der Waals surface area contributed by atoms with E-state index in [0.717, 1.165) is 52.1 Å². The molecule has 2 amide bonds. The Bertz CT molecular complexity index is 697. The van der Waals surface area contributed by atoms with E-state index in [1.807, 2.05) is 0 Å². The van der Waals surface area contributed by atoms with E-state index in [1.165, 1.54) is 64.2 Å². The summed E-state index contributed by atoms with van der Waals surface area (Å²) in [5.74, 6) is 0. The van der Waals surface area contributed by atoms with E-state index in [9.17, 15) is 9.59 Å². The molecule has 0 unspecified atom stereocenters. The van der Waals surface area contributed by atoms with Gasteiger partial charge in [0.2, 0.25) is 0 Å². The Balaban J connectivity index is 2.18. The first-order valence-corrected chi connectivity index (χ1v) is 15.9. The van der Waals surface area contributed by atoms with Crippen LogP contribution in [0.15, 0.2) is 24.3 Å². The summed E-state index contributed by atoms with van der Waals surface area (Å²) in [5.41, 5.74) is 1.22. The highest BCUT2D eigenvalue weighted by molar-refractivity contribution is 5.87. The average molecular weight is 563 g/mol. The molecule has 0 bridgehead atoms. The standard InChI is InChI=1S/C32H58N4O4/c1-5-9-11-13-15-23-35(7-3)25-17-27-39-31(37)33-29-19-21-30(22-20-29)34-32(38)40-28-18-26-36(8-4)24-16-14-12-10-6-2/h19-22H,5-18,23-28H2,1-4H3,(H,33,37)(H,34,38). The molecule has 1 rings (SSSR count). The number of nitrogens with one attached hydrogen (secondary N) is 2. The zero-order valence-electron chi connectivity index (χ0n) is 26.0. The number of rotatable bonds is 24. The molecule has 8 nitrogen and oxygen atoms in total. The molecule has 0 spiro atoms. The number of hydrogen-bond acceptors (Lipinski definition) is 6. The van der Waals surface area contributed by atoms with E-state index in [4.69, 9.17) is 9.47 Å². The van der Waals surface area contributed by atoms with E-state index in [0.29, 0.717) is 24.6 Å². The van der Waals surface area contributed by atoms with E-state index in [1.54, 1.807) is 24.3 Å². The van der Waals surface area contributed by atoms with Gasteiger partial charge in [0.25, 0.3) is 0 Å². The van der Waals surface area contributed by atoms with Gasteiger partial charge in [0.05, 0.1) is 13.2 Å². The molecule has 0 saturated carbocycles. The van der Waals surface area contributed by atoms with Crippen molar-refractivity contribution in [2.45, 2.75) is 105 Å². The molecule has 1 aromatic rings. The van der Waals surface area contributed by atoms with Crippen molar-refractivity contribution in [3.8, 4) is 0 Å². The van der Waals surface area contributed by atoms with Crippen LogP contribution in [-0.2, 0) is 9.47 Å². The fraction of sp³-hybridized carbons (Fsp3) is 0.750. The van der Waals surface area contributed by atoms with Crippen LogP contribution in [0, 0.1) is 0 Å². The Hall–Kier alpha value is -2.32. The maximum Gasteiger partial charge on any atom is 0.411 e. The van der Waals surface area contributed by atoms with Crippen LogP contribution in [0.4, 0.5) is 21.0 Å². The van der Waals surface area contributed by atoms with Crippen LogP contribution in [0.5, 0.6) is 0 Å². The highest BCUT2D eigenvalue weighted by Gasteiger charge is 2.08. The van der Waals surface area contributed by atoms with E-state index < -0.39 is 12.2 Å². The maximum atomic E-state index is 12.1. The predicted octanol–water partition coefficient (Wildman–Crippen LogP) is 8.15. The lowest BCUT2D eigenvalue weighted by molar-refractivity contribution is 0.151. The fourth-order valence-corrected chi connectivity index (χ4v) is 4.58. The van der Waals surface area contributed by atoms with Gasteiger partial charge in [-0.05, 0) is 76.1 Å². The highest BCUT2D eigenvalue weighted by Crippen LogP contribution is 2.14. The number of anilines is 2. The minimum atomic E-state index is -0.468. The molecule has 230 valence electrons. The first-order valence-electron chi connectivity index (χ1n) is 15.9. The number of nitrogens with zero attached hydrogens (tertiary/aromatic N) is 2. The fourth-order valence-electron chi connectivity index (χ4n) is 4.58. The van der Waals surface area contributed by atoms with Crippen molar-refractivity contribution >= 4 is 23.6 Å². The van der Waals surface area contributed by atoms with Crippen molar-refractivity contribution in [2.75, 3.05) is 63.1 Å². The van der Waals surface area contributed by atoms with Crippen LogP contribution in [0.3, 0.4) is 0 Å². The third kappa shape index (κ3) is 18.9. The Morgan fingerprint density at radius 2 is 0.900 bits per heavy atom. The minimum absolute atomic E-state index is 0.388. The highest BCUT2D eigenvalue weighted by atomic mass is 16.6. The largest absolute Gasteiger partial charge is 0.449 e. The summed E-state index contributed by atoms with van der Waals surface area (Å²) >= 11 is 0. The predicted molar refractivity (Wildman–Crippen MR) is 167 cm³/mol. The molecule has 0 aliphatic carbocycles. The first kappa shape index (κ1) is 35.7. The molecule has 0 aliphatic rings. The molecule has 0 radical (unpaired) electrons. The molecular formula is C32H58N4O4. The number of unbranched alkanes of at least 4 members (excludes halogenated alkanes) is 8. The van der Waals surface area contributed by atoms with Crippen LogP contribution >= 0.6 is 0 Å². The molecule has 2 N–H and O–H groups in total. The van der Waals surface area contributed by atoms with Crippen molar-refractivity contribution in [3.63, 3.8) is 0 Å². The third-order valence-electron chi connectivity index (χ3n) is 7.13. The number of carbonyl (C=O) groups excluding carboxylic acids is 2. The maximum absolute atomic E-state index is 12.1. The van der Waals surface area contributed by atoms with Crippen molar-refractivity contribution in [1.82, 2.24) is 9.80 Å². The molecule has 1 aromatic carbocycles. The lowest BCUT2D eigenvalue weighted by Gasteiger charge is -2.20. The Morgan fingerprint density at radius 1 is 0.550 bits per heavy atom. The zero-order chi connectivity index (χ0) is 29.3. The van der Waals surface area contributed by atoms with E-state index in [2.05, 4.69) is 48.1 Å². The number of amides is 2. The number of benzene rings is 1. The average Bonchev–Trinajstić information content (AvgIpc) is 2.96. The van der Waals surface area contributed by atoms with Crippen molar-refractivity contribution in [1.29, 1.82) is 0 Å². The lowest BCUT2D eigenvalue weighted by atomic mass is 10.1. The summed E-state index contributed by atoms with van der Waals surface area (Å²) in [6.45, 7) is 15.7. The third-order valence-corrected chi connectivity index (χ3v) is 7.13. The molecule has 0 atom stereocenters. The van der Waals surface area contributed by atoms with Gasteiger partial charge in [0, 0.05) is 24.5 Å². The SMILES string of the molecule is CCCCCCCN(CC)CCCOC(=O)Nc1ccc(NC(=O)OCCCN(CC)CCCCCCC)cc1. The molecule has 0 aromatic heterocycles. The van der Waals surface area contributed by atoms with Crippen molar-refractivity contribution in [2.24, 2.45) is 0 Å². The molecule has 0 heterocycles. The first-order chi connectivity index (χ1) is 19.5. The van der Waals surface area contributed by atoms with Crippen LogP contribution < -0.4 is 10.6 Å². The van der Waals surface area contributed by atoms with Crippen LogP contribution in [0.1, 0.15) is 105 Å². The summed E-state index contributed by atoms with van der Waals surface area (Å²) in [6, 6.07) is 6.92. The summed E-state index contributed by atoms with van der Waals surface area (Å²) in [5, 5.41) is 5.47. The zero-order valence-corrected chi connectivity index (χ0v) is 26.0. The number of carbonyl (C=O) groups is 2. The quantitative estimate of drug-likeness (QED) is 0.124. The van der Waals surface area contributed by atoms with Gasteiger partial charge in [-0.2, -0.15) is 0 Å². The van der Waals surface area contributed by atoms with Crippen molar-refractivity contribution < 1.29 is 19.1 Å². The molecular weight excluding hydrogens is 504 g/mol. The molecule has 0 fully saturated rings. The van der Waals surface area contributed by atoms with Gasteiger partial charge >= 0.3 is 12.2 Å². The van der Waals surface area contributed by atoms with Gasteiger partial charge in [-0.3, -0.25) is 10.6 Å². The molecule has 8 heteroatoms. The summed E-state index contributed by atoms with van der Waals surface area (Å²) < 4.78 is 10.7. The van der Waals surface area contributed by atoms with Crippen LogP contribution in [0.2, 0.25) is 0 Å². The van der Waals surface area contributed by atoms with Crippen LogP contribution in [0.25, 0.3) is 0 Å². The second-order valence-electron chi connectivity index (χ2n) is 10.5. The van der Waals surface area contributed by atoms with Gasteiger partial charge in [-0.15, -0.1) is 0 Å². The second kappa shape index (κ2) is 24.5. The smallest absolute Gasteiger partial charge is 0.411 e. The number of ether oxygens (including phenoxy) is 2. The van der Waals surface area contributed by atoms with E-state index >= 15 is 0 Å². The minimum Gasteiger partial charge on any atom is -0.449 e. The summed E-state index contributed by atoms with van der Waals surface area (Å²) in [6.07, 6.45) is 13.5. The molecule has 0 saturated heterocycles. The summed E-state index contributed by atoms with van der Waals surface area (Å²) in [7, 11) is 0. The Kier molecular flexibility index (Phi) is 21.8. The summed E-state index contributed by atoms with van der Waals surface area (Å²) in [4.78, 5) is 29.1. The topological polar surface area (TPSA) is 83.1 Å². The number of hydrogen-bond donors (Lipinski definition) is 2. The molecule has 0 aliphatic heterocycles. The van der Waals surface area contributed by atoms with Gasteiger partial charge < -0.3 is 19.3 Å². The monoisotopic (exact) mass is 562 g/mol. The molecule has 40 heavy (non-hydrogen) atoms. The van der Waals surface area contributed by atoms with Gasteiger partial charge in [-0.25, -0.2) is 9.59 Å². The normalized spacial score (nSPS) is 11.2. The van der Waals surface area contributed by atoms with Crippen molar-refractivity contribution in [3.05, 3.63) is 24.3 Å². The van der Waals surface area contributed by atoms with Gasteiger partial charge in [0.1, 0.15) is 0 Å². The van der Waals surface area contributed by atoms with E-state index in [-0.39, 0.29) is 0 Å². The second-order valence-corrected chi connectivity index (χ2v) is 10.5. The Morgan fingerprint density at radius 3 is 1.25 bits per heavy atom. The Labute approximate surface area is 244 Å². The van der Waals surface area contributed by atoms with Crippen LogP contribution in [-0.4, -0.2) is 74.5 Å². The van der Waals surface area contributed by atoms with Gasteiger partial charge in [0.15, 0.2) is 0 Å². The van der Waals surface area contributed by atoms with Gasteiger partial charge in [-0.1, -0.05) is 79.1 Å². The lowest BCUT2D eigenvalue weighted by Crippen LogP contribution is -2.27.